The molecule has 1 aliphatic heterocycles. The van der Waals surface area contributed by atoms with Gasteiger partial charge in [0.15, 0.2) is 0 Å². The Hall–Kier alpha value is -2.02. The quantitative estimate of drug-likeness (QED) is 0.610. The van der Waals surface area contributed by atoms with Crippen molar-refractivity contribution in [2.24, 2.45) is 5.73 Å². The van der Waals surface area contributed by atoms with Crippen LogP contribution in [-0.2, 0) is 4.79 Å². The summed E-state index contributed by atoms with van der Waals surface area (Å²) in [6, 6.07) is 2.42. The number of nitrogens with zero attached hydrogens (tertiary/aromatic N) is 2. The topological polar surface area (TPSA) is 89.5 Å². The smallest absolute Gasteiger partial charge is 0.271 e. The van der Waals surface area contributed by atoms with E-state index in [4.69, 9.17) is 5.73 Å². The number of nitrogens with two attached hydrogens (primary N) is 1. The fraction of sp³-hybridized carbons (Fsp3) is 0.300. The van der Waals surface area contributed by atoms with Crippen LogP contribution in [0.5, 0.6) is 0 Å². The lowest BCUT2D eigenvalue weighted by Gasteiger charge is -2.16. The van der Waals surface area contributed by atoms with Crippen LogP contribution in [0.1, 0.15) is 6.42 Å². The van der Waals surface area contributed by atoms with Gasteiger partial charge in [-0.3, -0.25) is 14.9 Å². The highest BCUT2D eigenvalue weighted by molar-refractivity contribution is 5.99. The Morgan fingerprint density at radius 1 is 1.53 bits per heavy atom. The van der Waals surface area contributed by atoms with E-state index in [-0.39, 0.29) is 17.9 Å². The van der Waals surface area contributed by atoms with Crippen molar-refractivity contribution in [2.75, 3.05) is 11.4 Å². The zero-order valence-electron chi connectivity index (χ0n) is 8.80. The number of hydrogen-bond acceptors (Lipinski definition) is 4. The van der Waals surface area contributed by atoms with Gasteiger partial charge >= 0.3 is 0 Å². The number of hydrogen-bond donors (Lipinski definition) is 1. The molecule has 1 aliphatic rings. The maximum absolute atomic E-state index is 13.5. The van der Waals surface area contributed by atoms with Crippen LogP contribution >= 0.6 is 0 Å². The van der Waals surface area contributed by atoms with Gasteiger partial charge in [0.2, 0.25) is 5.91 Å². The summed E-state index contributed by atoms with van der Waals surface area (Å²) in [5.74, 6) is -1.08. The summed E-state index contributed by atoms with van der Waals surface area (Å²) in [6.07, 6.45) is 0.418. The number of halogens is 1. The van der Waals surface area contributed by atoms with Crippen molar-refractivity contribution >= 4 is 17.3 Å². The molecule has 2 rings (SSSR count). The highest BCUT2D eigenvalue weighted by Crippen LogP contribution is 2.28. The summed E-state index contributed by atoms with van der Waals surface area (Å²) in [5.41, 5.74) is 5.17. The molecule has 90 valence electrons. The van der Waals surface area contributed by atoms with E-state index >= 15 is 0 Å². The highest BCUT2D eigenvalue weighted by Gasteiger charge is 2.31. The van der Waals surface area contributed by atoms with Crippen LogP contribution < -0.4 is 10.6 Å². The van der Waals surface area contributed by atoms with E-state index in [1.807, 2.05) is 0 Å². The number of anilines is 1. The molecule has 2 N–H and O–H groups in total. The lowest BCUT2D eigenvalue weighted by atomic mass is 10.2. The maximum atomic E-state index is 13.5. The largest absolute Gasteiger partial charge is 0.320 e. The van der Waals surface area contributed by atoms with Crippen molar-refractivity contribution < 1.29 is 14.1 Å². The Kier molecular flexibility index (Phi) is 2.76. The highest BCUT2D eigenvalue weighted by atomic mass is 19.1. The zero-order chi connectivity index (χ0) is 12.6. The SMILES string of the molecule is NC1CCN(c2cc([N+](=O)[O-])ccc2F)C1=O. The molecule has 1 heterocycles. The second kappa shape index (κ2) is 4.10. The van der Waals surface area contributed by atoms with E-state index in [0.29, 0.717) is 6.42 Å². The van der Waals surface area contributed by atoms with Crippen LogP contribution in [0.4, 0.5) is 15.8 Å². The van der Waals surface area contributed by atoms with E-state index in [1.165, 1.54) is 0 Å². The van der Waals surface area contributed by atoms with E-state index in [2.05, 4.69) is 0 Å². The number of rotatable bonds is 2. The molecule has 0 saturated carbocycles. The first-order valence-electron chi connectivity index (χ1n) is 5.01. The third kappa shape index (κ3) is 1.96. The normalized spacial score (nSPS) is 19.8. The molecule has 1 unspecified atom stereocenters. The maximum Gasteiger partial charge on any atom is 0.271 e. The van der Waals surface area contributed by atoms with Crippen LogP contribution in [0.15, 0.2) is 18.2 Å². The van der Waals surface area contributed by atoms with Gasteiger partial charge in [0.25, 0.3) is 5.69 Å². The van der Waals surface area contributed by atoms with Crippen molar-refractivity contribution in [1.82, 2.24) is 0 Å². The van der Waals surface area contributed by atoms with Gasteiger partial charge in [-0.1, -0.05) is 0 Å². The fourth-order valence-corrected chi connectivity index (χ4v) is 1.76. The Morgan fingerprint density at radius 3 is 2.76 bits per heavy atom. The summed E-state index contributed by atoms with van der Waals surface area (Å²) in [6.45, 7) is 0.276. The predicted molar refractivity (Wildman–Crippen MR) is 58.0 cm³/mol. The minimum absolute atomic E-state index is 0.0860. The summed E-state index contributed by atoms with van der Waals surface area (Å²) in [4.78, 5) is 22.7. The molecule has 1 amide bonds. The lowest BCUT2D eigenvalue weighted by molar-refractivity contribution is -0.384. The average Bonchev–Trinajstić information content (AvgIpc) is 2.60. The minimum Gasteiger partial charge on any atom is -0.320 e. The van der Waals surface area contributed by atoms with Crippen LogP contribution in [-0.4, -0.2) is 23.4 Å². The van der Waals surface area contributed by atoms with Gasteiger partial charge in [-0.05, 0) is 12.5 Å². The molecule has 0 radical (unpaired) electrons. The number of carbonyl (C=O) groups is 1. The van der Waals surface area contributed by atoms with Gasteiger partial charge in [-0.25, -0.2) is 4.39 Å². The Labute approximate surface area is 96.0 Å². The molecule has 7 heteroatoms. The molecule has 6 nitrogen and oxygen atoms in total. The molecule has 17 heavy (non-hydrogen) atoms. The minimum atomic E-state index is -0.668. The third-order valence-corrected chi connectivity index (χ3v) is 2.68. The van der Waals surface area contributed by atoms with Crippen molar-refractivity contribution in [3.63, 3.8) is 0 Å². The Bertz CT molecular complexity index is 492. The molecule has 1 saturated heterocycles. The monoisotopic (exact) mass is 239 g/mol. The standard InChI is InChI=1S/C10H10FN3O3/c11-7-2-1-6(14(16)17)5-9(7)13-4-3-8(12)10(13)15/h1-2,5,8H,3-4,12H2. The number of nitro benzene ring substituents is 1. The molecule has 1 aromatic carbocycles. The zero-order valence-corrected chi connectivity index (χ0v) is 8.80. The van der Waals surface area contributed by atoms with Crippen molar-refractivity contribution in [3.8, 4) is 0 Å². The van der Waals surface area contributed by atoms with Gasteiger partial charge < -0.3 is 10.6 Å². The molecule has 0 bridgehead atoms. The first-order valence-corrected chi connectivity index (χ1v) is 5.01. The second-order valence-corrected chi connectivity index (χ2v) is 3.78. The molecule has 0 aliphatic carbocycles. The number of benzene rings is 1. The second-order valence-electron chi connectivity index (χ2n) is 3.78. The molecular formula is C10H10FN3O3. The van der Waals surface area contributed by atoms with Crippen LogP contribution in [0, 0.1) is 15.9 Å². The molecular weight excluding hydrogens is 229 g/mol. The summed E-state index contributed by atoms with van der Waals surface area (Å²) >= 11 is 0. The molecule has 1 fully saturated rings. The number of nitro groups is 1. The summed E-state index contributed by atoms with van der Waals surface area (Å²) < 4.78 is 13.5. The van der Waals surface area contributed by atoms with Gasteiger partial charge in [0.05, 0.1) is 16.7 Å². The van der Waals surface area contributed by atoms with E-state index in [9.17, 15) is 19.3 Å². The van der Waals surface area contributed by atoms with Crippen LogP contribution in [0.2, 0.25) is 0 Å². The average molecular weight is 239 g/mol. The number of non-ortho nitro benzene ring substituents is 1. The number of carbonyl (C=O) groups excluding carboxylic acids is 1. The van der Waals surface area contributed by atoms with Gasteiger partial charge in [0, 0.05) is 18.7 Å². The summed E-state index contributed by atoms with van der Waals surface area (Å²) in [7, 11) is 0. The van der Waals surface area contributed by atoms with Crippen molar-refractivity contribution in [1.29, 1.82) is 0 Å². The molecule has 0 spiro atoms. The Balaban J connectivity index is 2.41. The van der Waals surface area contributed by atoms with Gasteiger partial charge in [-0.2, -0.15) is 0 Å². The van der Waals surface area contributed by atoms with E-state index < -0.39 is 22.7 Å². The van der Waals surface area contributed by atoms with E-state index in [0.717, 1.165) is 23.1 Å². The van der Waals surface area contributed by atoms with Crippen LogP contribution in [0.3, 0.4) is 0 Å². The first-order chi connectivity index (χ1) is 8.00. The molecule has 0 aromatic heterocycles. The molecule has 1 aromatic rings. The van der Waals surface area contributed by atoms with Crippen molar-refractivity contribution in [2.45, 2.75) is 12.5 Å². The van der Waals surface area contributed by atoms with Crippen LogP contribution in [0.25, 0.3) is 0 Å². The number of amides is 1. The first kappa shape index (κ1) is 11.5. The fourth-order valence-electron chi connectivity index (χ4n) is 1.76. The Morgan fingerprint density at radius 2 is 2.24 bits per heavy atom. The lowest BCUT2D eigenvalue weighted by Crippen LogP contribution is -2.34. The summed E-state index contributed by atoms with van der Waals surface area (Å²) in [5, 5.41) is 10.6. The molecule has 1 atom stereocenters. The third-order valence-electron chi connectivity index (χ3n) is 2.68. The van der Waals surface area contributed by atoms with Gasteiger partial charge in [-0.15, -0.1) is 0 Å². The van der Waals surface area contributed by atoms with E-state index in [1.54, 1.807) is 0 Å². The van der Waals surface area contributed by atoms with Crippen molar-refractivity contribution in [3.05, 3.63) is 34.1 Å². The predicted octanol–water partition coefficient (Wildman–Crippen LogP) is 0.798. The van der Waals surface area contributed by atoms with Gasteiger partial charge in [0.1, 0.15) is 5.82 Å².